The summed E-state index contributed by atoms with van der Waals surface area (Å²) in [7, 11) is -7.24. The van der Waals surface area contributed by atoms with Crippen molar-refractivity contribution < 1.29 is 16.8 Å². The minimum atomic E-state index is -3.78. The van der Waals surface area contributed by atoms with Crippen LogP contribution in [0.1, 0.15) is 19.3 Å². The zero-order chi connectivity index (χ0) is 15.7. The van der Waals surface area contributed by atoms with E-state index < -0.39 is 19.9 Å². The smallest absolute Gasteiger partial charge is 0.224 e. The number of sulfonamides is 1. The Morgan fingerprint density at radius 3 is 2.38 bits per heavy atom. The zero-order valence-electron chi connectivity index (χ0n) is 11.6. The number of nitrogens with zero attached hydrogens (tertiary/aromatic N) is 2. The lowest BCUT2D eigenvalue weighted by atomic mass is 10.4. The molecule has 1 aromatic rings. The molecular weight excluding hydrogens is 312 g/mol. The largest absolute Gasteiger partial charge is 0.243 e. The van der Waals surface area contributed by atoms with Crippen LogP contribution in [0.3, 0.4) is 0 Å². The number of hydrogen-bond donors (Lipinski definition) is 0. The maximum Gasteiger partial charge on any atom is 0.243 e. The normalized spacial score (nSPS) is 15.9. The van der Waals surface area contributed by atoms with Gasteiger partial charge in [-0.15, -0.1) is 0 Å². The molecule has 1 aliphatic carbocycles. The summed E-state index contributed by atoms with van der Waals surface area (Å²) in [6.45, 7) is 0.132. The minimum absolute atomic E-state index is 0.0281. The van der Waals surface area contributed by atoms with Crippen LogP contribution in [0.15, 0.2) is 34.1 Å². The van der Waals surface area contributed by atoms with Crippen LogP contribution in [0.5, 0.6) is 0 Å². The van der Waals surface area contributed by atoms with E-state index in [2.05, 4.69) is 0 Å². The zero-order valence-corrected chi connectivity index (χ0v) is 13.2. The highest BCUT2D eigenvalue weighted by Crippen LogP contribution is 2.32. The van der Waals surface area contributed by atoms with Crippen LogP contribution in [0.4, 0.5) is 0 Å². The second kappa shape index (κ2) is 5.75. The summed E-state index contributed by atoms with van der Waals surface area (Å²) in [5.41, 5.74) is 0. The second-order valence-electron chi connectivity index (χ2n) is 5.00. The van der Waals surface area contributed by atoms with E-state index >= 15 is 0 Å². The Hall–Kier alpha value is -1.43. The minimum Gasteiger partial charge on any atom is -0.224 e. The molecule has 0 amide bonds. The maximum absolute atomic E-state index is 12.6. The van der Waals surface area contributed by atoms with E-state index in [0.29, 0.717) is 0 Å². The lowest BCUT2D eigenvalue weighted by Gasteiger charge is -2.20. The van der Waals surface area contributed by atoms with Crippen molar-refractivity contribution in [1.29, 1.82) is 5.26 Å². The van der Waals surface area contributed by atoms with Crippen molar-refractivity contribution >= 4 is 19.9 Å². The average molecular weight is 328 g/mol. The summed E-state index contributed by atoms with van der Waals surface area (Å²) >= 11 is 0. The van der Waals surface area contributed by atoms with Gasteiger partial charge in [-0.3, -0.25) is 0 Å². The Kier molecular flexibility index (Phi) is 4.37. The van der Waals surface area contributed by atoms with Gasteiger partial charge < -0.3 is 0 Å². The number of rotatable bonds is 6. The summed E-state index contributed by atoms with van der Waals surface area (Å²) in [6, 6.07) is 7.19. The lowest BCUT2D eigenvalue weighted by molar-refractivity contribution is 0.410. The fourth-order valence-corrected chi connectivity index (χ4v) is 4.50. The van der Waals surface area contributed by atoms with Gasteiger partial charge in [0.1, 0.15) is 0 Å². The molecule has 114 valence electrons. The monoisotopic (exact) mass is 328 g/mol. The van der Waals surface area contributed by atoms with Gasteiger partial charge in [0.2, 0.25) is 10.0 Å². The molecule has 0 radical (unpaired) electrons. The van der Waals surface area contributed by atoms with Crippen LogP contribution in [0.25, 0.3) is 0 Å². The summed E-state index contributed by atoms with van der Waals surface area (Å²) in [5, 5.41) is 8.65. The van der Waals surface area contributed by atoms with Gasteiger partial charge in [-0.1, -0.05) is 6.07 Å². The SMILES string of the molecule is CS(=O)(=O)c1cccc(S(=O)(=O)N(CCC#N)C2CC2)c1. The number of nitriles is 1. The van der Waals surface area contributed by atoms with E-state index in [1.807, 2.05) is 6.07 Å². The van der Waals surface area contributed by atoms with E-state index in [0.717, 1.165) is 19.1 Å². The van der Waals surface area contributed by atoms with Gasteiger partial charge in [-0.2, -0.15) is 9.57 Å². The molecule has 6 nitrogen and oxygen atoms in total. The average Bonchev–Trinajstić information content (AvgIpc) is 3.23. The highest BCUT2D eigenvalue weighted by Gasteiger charge is 2.37. The number of hydrogen-bond acceptors (Lipinski definition) is 5. The Balaban J connectivity index is 2.41. The van der Waals surface area contributed by atoms with Crippen LogP contribution in [-0.4, -0.2) is 40.0 Å². The van der Waals surface area contributed by atoms with Crippen LogP contribution in [-0.2, 0) is 19.9 Å². The predicted octanol–water partition coefficient (Wildman–Crippen LogP) is 1.16. The van der Waals surface area contributed by atoms with Gasteiger partial charge in [-0.25, -0.2) is 16.8 Å². The summed E-state index contributed by atoms with van der Waals surface area (Å²) in [6.07, 6.45) is 2.70. The van der Waals surface area contributed by atoms with Crippen LogP contribution < -0.4 is 0 Å². The Bertz CT molecular complexity index is 775. The lowest BCUT2D eigenvalue weighted by Crippen LogP contribution is -2.34. The molecule has 0 unspecified atom stereocenters. The Labute approximate surface area is 125 Å². The molecule has 0 saturated heterocycles. The van der Waals surface area contributed by atoms with Gasteiger partial charge in [0, 0.05) is 25.3 Å². The molecule has 1 saturated carbocycles. The molecule has 0 aromatic heterocycles. The molecular formula is C13H16N2O4S2. The van der Waals surface area contributed by atoms with E-state index in [-0.39, 0.29) is 28.8 Å². The summed E-state index contributed by atoms with van der Waals surface area (Å²) < 4.78 is 49.6. The maximum atomic E-state index is 12.6. The fourth-order valence-electron chi connectivity index (χ4n) is 2.02. The van der Waals surface area contributed by atoms with E-state index in [9.17, 15) is 16.8 Å². The molecule has 1 fully saturated rings. The first kappa shape index (κ1) is 15.9. The third kappa shape index (κ3) is 3.61. The van der Waals surface area contributed by atoms with E-state index in [4.69, 9.17) is 5.26 Å². The first-order valence-electron chi connectivity index (χ1n) is 6.46. The van der Waals surface area contributed by atoms with Gasteiger partial charge >= 0.3 is 0 Å². The molecule has 8 heteroatoms. The Morgan fingerprint density at radius 2 is 1.86 bits per heavy atom. The molecule has 1 aliphatic rings. The van der Waals surface area contributed by atoms with Crippen LogP contribution >= 0.6 is 0 Å². The standard InChI is InChI=1S/C13H16N2O4S2/c1-20(16,17)12-4-2-5-13(10-12)21(18,19)15(9-3-8-14)11-6-7-11/h2,4-5,10-11H,3,6-7,9H2,1H3. The van der Waals surface area contributed by atoms with Gasteiger partial charge in [-0.05, 0) is 31.0 Å². The molecule has 0 bridgehead atoms. The Morgan fingerprint density at radius 1 is 1.24 bits per heavy atom. The number of benzene rings is 1. The molecule has 0 atom stereocenters. The third-order valence-electron chi connectivity index (χ3n) is 3.24. The van der Waals surface area contributed by atoms with Crippen molar-refractivity contribution in [3.63, 3.8) is 0 Å². The van der Waals surface area contributed by atoms with Crippen molar-refractivity contribution in [3.05, 3.63) is 24.3 Å². The first-order chi connectivity index (χ1) is 9.76. The van der Waals surface area contributed by atoms with Crippen molar-refractivity contribution in [2.24, 2.45) is 0 Å². The van der Waals surface area contributed by atoms with Gasteiger partial charge in [0.25, 0.3) is 0 Å². The quantitative estimate of drug-likeness (QED) is 0.781. The van der Waals surface area contributed by atoms with Gasteiger partial charge in [0.05, 0.1) is 15.9 Å². The summed E-state index contributed by atoms with van der Waals surface area (Å²) in [5.74, 6) is 0. The van der Waals surface area contributed by atoms with E-state index in [1.165, 1.54) is 28.6 Å². The molecule has 21 heavy (non-hydrogen) atoms. The molecule has 1 aromatic carbocycles. The first-order valence-corrected chi connectivity index (χ1v) is 9.79. The fraction of sp³-hybridized carbons (Fsp3) is 0.462. The molecule has 0 N–H and O–H groups in total. The number of sulfone groups is 1. The molecule has 2 rings (SSSR count). The van der Waals surface area contributed by atoms with Crippen LogP contribution in [0, 0.1) is 11.3 Å². The molecule has 0 aliphatic heterocycles. The second-order valence-corrected chi connectivity index (χ2v) is 8.91. The van der Waals surface area contributed by atoms with Gasteiger partial charge in [0.15, 0.2) is 9.84 Å². The topological polar surface area (TPSA) is 95.3 Å². The highest BCUT2D eigenvalue weighted by molar-refractivity contribution is 7.91. The molecule has 0 spiro atoms. The van der Waals surface area contributed by atoms with Crippen molar-refractivity contribution in [2.45, 2.75) is 35.1 Å². The van der Waals surface area contributed by atoms with Crippen molar-refractivity contribution in [1.82, 2.24) is 4.31 Å². The predicted molar refractivity (Wildman–Crippen MR) is 76.7 cm³/mol. The van der Waals surface area contributed by atoms with Crippen molar-refractivity contribution in [2.75, 3.05) is 12.8 Å². The van der Waals surface area contributed by atoms with E-state index in [1.54, 1.807) is 0 Å². The highest BCUT2D eigenvalue weighted by atomic mass is 32.2. The third-order valence-corrected chi connectivity index (χ3v) is 6.30. The molecule has 0 heterocycles. The van der Waals surface area contributed by atoms with Crippen LogP contribution in [0.2, 0.25) is 0 Å². The summed E-state index contributed by atoms with van der Waals surface area (Å²) in [4.78, 5) is -0.0742. The van der Waals surface area contributed by atoms with Crippen molar-refractivity contribution in [3.8, 4) is 6.07 Å².